The summed E-state index contributed by atoms with van der Waals surface area (Å²) in [5.41, 5.74) is 2.91. The number of hydrogen-bond donors (Lipinski definition) is 0. The molecule has 0 bridgehead atoms. The second kappa shape index (κ2) is 7.74. The van der Waals surface area contributed by atoms with Crippen LogP contribution in [0.15, 0.2) is 65.9 Å². The van der Waals surface area contributed by atoms with E-state index < -0.39 is 0 Å². The summed E-state index contributed by atoms with van der Waals surface area (Å²) < 4.78 is 0. The van der Waals surface area contributed by atoms with Crippen LogP contribution in [0.25, 0.3) is 0 Å². The van der Waals surface area contributed by atoms with Crippen molar-refractivity contribution in [3.63, 3.8) is 0 Å². The normalized spacial score (nSPS) is 14.5. The zero-order valence-corrected chi connectivity index (χ0v) is 9.83. The molecular weight excluding hydrogens is 182 g/mol. The van der Waals surface area contributed by atoms with Crippen molar-refractivity contribution in [3.05, 3.63) is 60.9 Å². The van der Waals surface area contributed by atoms with Gasteiger partial charge in [0.05, 0.1) is 5.71 Å². The topological polar surface area (TPSA) is 12.4 Å². The number of aliphatic imine (C=N–C) groups is 1. The predicted molar refractivity (Wildman–Crippen MR) is 70.2 cm³/mol. The van der Waals surface area contributed by atoms with E-state index >= 15 is 0 Å². The monoisotopic (exact) mass is 201 g/mol. The third-order valence-electron chi connectivity index (χ3n) is 1.93. The Morgan fingerprint density at radius 2 is 1.80 bits per heavy atom. The number of nitrogens with zero attached hydrogens (tertiary/aromatic N) is 1. The average Bonchev–Trinajstić information content (AvgIpc) is 2.26. The summed E-state index contributed by atoms with van der Waals surface area (Å²) >= 11 is 0. The van der Waals surface area contributed by atoms with Gasteiger partial charge >= 0.3 is 0 Å². The number of hydrogen-bond acceptors (Lipinski definition) is 1. The van der Waals surface area contributed by atoms with Gasteiger partial charge in [-0.3, -0.25) is 4.99 Å². The first-order valence-corrected chi connectivity index (χ1v) is 4.99. The van der Waals surface area contributed by atoms with Crippen molar-refractivity contribution in [1.82, 2.24) is 0 Å². The van der Waals surface area contributed by atoms with Crippen LogP contribution >= 0.6 is 0 Å². The first-order chi connectivity index (χ1) is 7.19. The Hall–Kier alpha value is -1.63. The van der Waals surface area contributed by atoms with E-state index in [2.05, 4.69) is 18.2 Å². The van der Waals surface area contributed by atoms with Crippen molar-refractivity contribution in [1.29, 1.82) is 0 Å². The van der Waals surface area contributed by atoms with Gasteiger partial charge in [-0.2, -0.15) is 0 Å². The first kappa shape index (κ1) is 13.4. The van der Waals surface area contributed by atoms with Gasteiger partial charge in [-0.25, -0.2) is 0 Å². The molecule has 15 heavy (non-hydrogen) atoms. The van der Waals surface area contributed by atoms with E-state index in [1.807, 2.05) is 45.1 Å². The summed E-state index contributed by atoms with van der Waals surface area (Å²) in [5.74, 6) is 0. The Bertz CT molecular complexity index is 338. The highest BCUT2D eigenvalue weighted by Gasteiger charge is 1.97. The second-order valence-electron chi connectivity index (χ2n) is 2.97. The van der Waals surface area contributed by atoms with Gasteiger partial charge in [-0.05, 0) is 32.4 Å². The lowest BCUT2D eigenvalue weighted by atomic mass is 10.1. The molecule has 0 amide bonds. The van der Waals surface area contributed by atoms with E-state index in [9.17, 15) is 0 Å². The Balaban J connectivity index is 5.22. The van der Waals surface area contributed by atoms with Gasteiger partial charge in [0.2, 0.25) is 0 Å². The zero-order chi connectivity index (χ0) is 11.7. The molecule has 0 saturated heterocycles. The summed E-state index contributed by atoms with van der Waals surface area (Å²) in [6, 6.07) is 0. The van der Waals surface area contributed by atoms with Gasteiger partial charge in [-0.15, -0.1) is 0 Å². The van der Waals surface area contributed by atoms with E-state index in [0.717, 1.165) is 17.0 Å². The standard InChI is InChI=1S/C14H19N/c1-6-10-11-14(13(8-3)9-4)15-12(5)7-2/h6-11H,1,3H2,2,4-5H3/b11-10-,12-7-,13-9-,15-14?. The van der Waals surface area contributed by atoms with Crippen molar-refractivity contribution in [2.45, 2.75) is 20.8 Å². The second-order valence-corrected chi connectivity index (χ2v) is 2.97. The van der Waals surface area contributed by atoms with Crippen LogP contribution in [0.5, 0.6) is 0 Å². The van der Waals surface area contributed by atoms with Crippen molar-refractivity contribution >= 4 is 5.71 Å². The van der Waals surface area contributed by atoms with Crippen LogP contribution in [0, 0.1) is 0 Å². The maximum atomic E-state index is 4.48. The molecule has 0 aromatic carbocycles. The van der Waals surface area contributed by atoms with Gasteiger partial charge in [0.15, 0.2) is 0 Å². The predicted octanol–water partition coefficient (Wildman–Crippen LogP) is 4.23. The van der Waals surface area contributed by atoms with Crippen LogP contribution in [0.3, 0.4) is 0 Å². The molecule has 0 saturated carbocycles. The van der Waals surface area contributed by atoms with E-state index in [1.54, 1.807) is 12.2 Å². The average molecular weight is 201 g/mol. The Labute approximate surface area is 92.9 Å². The molecule has 0 aromatic heterocycles. The van der Waals surface area contributed by atoms with E-state index in [-0.39, 0.29) is 0 Å². The summed E-state index contributed by atoms with van der Waals surface area (Å²) in [6.45, 7) is 13.3. The van der Waals surface area contributed by atoms with Gasteiger partial charge in [0, 0.05) is 5.70 Å². The van der Waals surface area contributed by atoms with Crippen molar-refractivity contribution < 1.29 is 0 Å². The van der Waals surface area contributed by atoms with Crippen molar-refractivity contribution in [3.8, 4) is 0 Å². The fourth-order valence-corrected chi connectivity index (χ4v) is 0.982. The lowest BCUT2D eigenvalue weighted by Gasteiger charge is -2.02. The third kappa shape index (κ3) is 4.96. The van der Waals surface area contributed by atoms with Crippen LogP contribution in [-0.4, -0.2) is 5.71 Å². The molecule has 1 nitrogen and oxygen atoms in total. The quantitative estimate of drug-likeness (QED) is 0.466. The maximum absolute atomic E-state index is 4.48. The van der Waals surface area contributed by atoms with Crippen molar-refractivity contribution in [2.75, 3.05) is 0 Å². The first-order valence-electron chi connectivity index (χ1n) is 4.99. The van der Waals surface area contributed by atoms with Crippen LogP contribution in [-0.2, 0) is 0 Å². The van der Waals surface area contributed by atoms with E-state index in [1.165, 1.54) is 0 Å². The van der Waals surface area contributed by atoms with Crippen LogP contribution in [0.4, 0.5) is 0 Å². The fourth-order valence-electron chi connectivity index (χ4n) is 0.982. The van der Waals surface area contributed by atoms with Crippen LogP contribution < -0.4 is 0 Å². The highest BCUT2D eigenvalue weighted by molar-refractivity contribution is 6.10. The molecule has 0 radical (unpaired) electrons. The minimum absolute atomic E-state index is 0.906. The number of rotatable bonds is 5. The fraction of sp³-hybridized carbons (Fsp3) is 0.214. The smallest absolute Gasteiger partial charge is 0.0701 e. The molecule has 0 fully saturated rings. The molecule has 0 heterocycles. The Kier molecular flexibility index (Phi) is 6.90. The van der Waals surface area contributed by atoms with Crippen LogP contribution in [0.1, 0.15) is 20.8 Å². The minimum atomic E-state index is 0.906. The summed E-state index contributed by atoms with van der Waals surface area (Å²) in [4.78, 5) is 4.48. The Morgan fingerprint density at radius 1 is 1.13 bits per heavy atom. The highest BCUT2D eigenvalue weighted by Crippen LogP contribution is 2.06. The largest absolute Gasteiger partial charge is 0.254 e. The molecule has 0 N–H and O–H groups in total. The maximum Gasteiger partial charge on any atom is 0.0701 e. The molecule has 80 valence electrons. The van der Waals surface area contributed by atoms with Gasteiger partial charge in [0.1, 0.15) is 0 Å². The minimum Gasteiger partial charge on any atom is -0.254 e. The van der Waals surface area contributed by atoms with Gasteiger partial charge < -0.3 is 0 Å². The zero-order valence-electron chi connectivity index (χ0n) is 9.83. The lowest BCUT2D eigenvalue weighted by molar-refractivity contribution is 1.28. The molecule has 0 aliphatic rings. The molecule has 1 heteroatoms. The molecule has 0 atom stereocenters. The molecule has 0 aliphatic heterocycles. The van der Waals surface area contributed by atoms with E-state index in [4.69, 9.17) is 0 Å². The molecule has 0 spiro atoms. The van der Waals surface area contributed by atoms with Crippen molar-refractivity contribution in [2.24, 2.45) is 4.99 Å². The summed E-state index contributed by atoms with van der Waals surface area (Å²) in [6.07, 6.45) is 11.3. The molecule has 0 unspecified atom stereocenters. The molecule has 0 aliphatic carbocycles. The van der Waals surface area contributed by atoms with Gasteiger partial charge in [-0.1, -0.05) is 43.5 Å². The highest BCUT2D eigenvalue weighted by atomic mass is 14.7. The lowest BCUT2D eigenvalue weighted by Crippen LogP contribution is -1.96. The molecular formula is C14H19N. The van der Waals surface area contributed by atoms with E-state index in [0.29, 0.717) is 0 Å². The van der Waals surface area contributed by atoms with Gasteiger partial charge in [0.25, 0.3) is 0 Å². The molecule has 0 aromatic rings. The third-order valence-corrected chi connectivity index (χ3v) is 1.93. The molecule has 0 rings (SSSR count). The SMILES string of the molecule is C=C/C=C\C(=NC(/C)=C\C)/C(C=C)=C\C. The van der Waals surface area contributed by atoms with Crippen LogP contribution in [0.2, 0.25) is 0 Å². The summed E-state index contributed by atoms with van der Waals surface area (Å²) in [7, 11) is 0. The number of allylic oxidation sites excluding steroid dienone is 8. The summed E-state index contributed by atoms with van der Waals surface area (Å²) in [5, 5.41) is 0. The Morgan fingerprint density at radius 3 is 2.20 bits per heavy atom.